The van der Waals surface area contributed by atoms with E-state index in [0.717, 1.165) is 17.7 Å². The smallest absolute Gasteiger partial charge is 0.323 e. The lowest BCUT2D eigenvalue weighted by Gasteiger charge is -2.22. The molecule has 6 nitrogen and oxygen atoms in total. The third-order valence-corrected chi connectivity index (χ3v) is 3.23. The van der Waals surface area contributed by atoms with Gasteiger partial charge in [0.05, 0.1) is 5.69 Å². The standard InChI is InChI=1S/C14H22N2O4/c1-5-6-16(8-13(18)19)12(17)7-9(2)14-10(3)15-20-11(14)4/h9H,5-8H2,1-4H3,(H,18,19). The number of carboxylic acids is 1. The first kappa shape index (κ1) is 16.2. The summed E-state index contributed by atoms with van der Waals surface area (Å²) in [5, 5.41) is 12.7. The number of hydrogen-bond donors (Lipinski definition) is 1. The monoisotopic (exact) mass is 282 g/mol. The van der Waals surface area contributed by atoms with Crippen LogP contribution in [0.1, 0.15) is 49.6 Å². The molecule has 1 heterocycles. The molecule has 1 atom stereocenters. The molecule has 20 heavy (non-hydrogen) atoms. The fraction of sp³-hybridized carbons (Fsp3) is 0.643. The van der Waals surface area contributed by atoms with E-state index in [9.17, 15) is 9.59 Å². The Morgan fingerprint density at radius 2 is 2.05 bits per heavy atom. The van der Waals surface area contributed by atoms with Gasteiger partial charge in [0.15, 0.2) is 0 Å². The number of carbonyl (C=O) groups excluding carboxylic acids is 1. The maximum Gasteiger partial charge on any atom is 0.323 e. The summed E-state index contributed by atoms with van der Waals surface area (Å²) >= 11 is 0. The highest BCUT2D eigenvalue weighted by Crippen LogP contribution is 2.26. The number of aromatic nitrogens is 1. The minimum Gasteiger partial charge on any atom is -0.480 e. The van der Waals surface area contributed by atoms with Crippen molar-refractivity contribution < 1.29 is 19.2 Å². The Morgan fingerprint density at radius 1 is 1.40 bits per heavy atom. The van der Waals surface area contributed by atoms with E-state index in [0.29, 0.717) is 12.3 Å². The Kier molecular flexibility index (Phi) is 5.73. The van der Waals surface area contributed by atoms with Gasteiger partial charge < -0.3 is 14.5 Å². The summed E-state index contributed by atoms with van der Waals surface area (Å²) < 4.78 is 5.10. The Labute approximate surface area is 118 Å². The predicted octanol–water partition coefficient (Wildman–Crippen LogP) is 2.11. The molecule has 1 aromatic heterocycles. The van der Waals surface area contributed by atoms with Crippen LogP contribution in [0.5, 0.6) is 0 Å². The van der Waals surface area contributed by atoms with Crippen molar-refractivity contribution in [2.24, 2.45) is 0 Å². The van der Waals surface area contributed by atoms with Crippen LogP contribution in [0.2, 0.25) is 0 Å². The number of nitrogens with zero attached hydrogens (tertiary/aromatic N) is 2. The van der Waals surface area contributed by atoms with Crippen molar-refractivity contribution in [2.45, 2.75) is 46.5 Å². The maximum absolute atomic E-state index is 12.2. The second kappa shape index (κ2) is 7.07. The van der Waals surface area contributed by atoms with Crippen LogP contribution in [0.4, 0.5) is 0 Å². The number of amides is 1. The number of carboxylic acid groups (broad SMARTS) is 1. The van der Waals surface area contributed by atoms with Crippen LogP contribution in [-0.2, 0) is 9.59 Å². The molecule has 0 fully saturated rings. The largest absolute Gasteiger partial charge is 0.480 e. The Bertz CT molecular complexity index is 462. The third-order valence-electron chi connectivity index (χ3n) is 3.23. The first-order valence-electron chi connectivity index (χ1n) is 6.79. The average molecular weight is 282 g/mol. The highest BCUT2D eigenvalue weighted by atomic mass is 16.5. The van der Waals surface area contributed by atoms with Crippen LogP contribution >= 0.6 is 0 Å². The summed E-state index contributed by atoms with van der Waals surface area (Å²) in [7, 11) is 0. The van der Waals surface area contributed by atoms with Gasteiger partial charge in [0.1, 0.15) is 12.3 Å². The Hall–Kier alpha value is -1.85. The first-order valence-corrected chi connectivity index (χ1v) is 6.79. The summed E-state index contributed by atoms with van der Waals surface area (Å²) in [5.41, 5.74) is 1.72. The molecule has 0 spiro atoms. The van der Waals surface area contributed by atoms with Gasteiger partial charge in [0.2, 0.25) is 5.91 Å². The maximum atomic E-state index is 12.2. The van der Waals surface area contributed by atoms with Crippen molar-refractivity contribution in [3.05, 3.63) is 17.0 Å². The van der Waals surface area contributed by atoms with E-state index < -0.39 is 5.97 Å². The Morgan fingerprint density at radius 3 is 2.50 bits per heavy atom. The lowest BCUT2D eigenvalue weighted by molar-refractivity contribution is -0.144. The van der Waals surface area contributed by atoms with Gasteiger partial charge in [-0.3, -0.25) is 9.59 Å². The normalized spacial score (nSPS) is 12.2. The molecule has 6 heteroatoms. The van der Waals surface area contributed by atoms with Crippen molar-refractivity contribution in [1.82, 2.24) is 10.1 Å². The second-order valence-electron chi connectivity index (χ2n) is 5.05. The molecule has 1 aromatic rings. The molecule has 0 saturated carbocycles. The van der Waals surface area contributed by atoms with E-state index in [1.54, 1.807) is 0 Å². The second-order valence-corrected chi connectivity index (χ2v) is 5.05. The van der Waals surface area contributed by atoms with E-state index in [2.05, 4.69) is 5.16 Å². The Balaban J connectivity index is 2.74. The average Bonchev–Trinajstić information content (AvgIpc) is 2.67. The molecular formula is C14H22N2O4. The molecule has 0 aliphatic rings. The van der Waals surface area contributed by atoms with Crippen molar-refractivity contribution in [3.8, 4) is 0 Å². The highest BCUT2D eigenvalue weighted by Gasteiger charge is 2.23. The number of hydrogen-bond acceptors (Lipinski definition) is 4. The van der Waals surface area contributed by atoms with Crippen LogP contribution in [0.3, 0.4) is 0 Å². The van der Waals surface area contributed by atoms with Gasteiger partial charge in [0.25, 0.3) is 0 Å². The summed E-state index contributed by atoms with van der Waals surface area (Å²) in [6.45, 7) is 7.71. The lowest BCUT2D eigenvalue weighted by Crippen LogP contribution is -2.36. The summed E-state index contributed by atoms with van der Waals surface area (Å²) in [6.07, 6.45) is 0.995. The zero-order valence-electron chi connectivity index (χ0n) is 12.5. The number of aliphatic carboxylic acids is 1. The van der Waals surface area contributed by atoms with Gasteiger partial charge in [-0.1, -0.05) is 19.0 Å². The van der Waals surface area contributed by atoms with Gasteiger partial charge >= 0.3 is 5.97 Å². The van der Waals surface area contributed by atoms with Gasteiger partial charge in [-0.05, 0) is 26.2 Å². The summed E-state index contributed by atoms with van der Waals surface area (Å²) in [6, 6.07) is 0. The number of aryl methyl sites for hydroxylation is 2. The van der Waals surface area contributed by atoms with Crippen LogP contribution in [-0.4, -0.2) is 40.1 Å². The van der Waals surface area contributed by atoms with Crippen LogP contribution in [0.15, 0.2) is 4.52 Å². The topological polar surface area (TPSA) is 83.6 Å². The fourth-order valence-corrected chi connectivity index (χ4v) is 2.41. The third kappa shape index (κ3) is 4.08. The molecule has 0 radical (unpaired) electrons. The molecule has 0 saturated heterocycles. The predicted molar refractivity (Wildman–Crippen MR) is 73.5 cm³/mol. The van der Waals surface area contributed by atoms with Crippen LogP contribution < -0.4 is 0 Å². The molecule has 0 aliphatic heterocycles. The van der Waals surface area contributed by atoms with Gasteiger partial charge in [-0.25, -0.2) is 0 Å². The van der Waals surface area contributed by atoms with Crippen LogP contribution in [0.25, 0.3) is 0 Å². The van der Waals surface area contributed by atoms with E-state index >= 15 is 0 Å². The zero-order valence-corrected chi connectivity index (χ0v) is 12.5. The van der Waals surface area contributed by atoms with Gasteiger partial charge in [0, 0.05) is 18.5 Å². The van der Waals surface area contributed by atoms with Crippen molar-refractivity contribution >= 4 is 11.9 Å². The van der Waals surface area contributed by atoms with E-state index in [1.807, 2.05) is 27.7 Å². The highest BCUT2D eigenvalue weighted by molar-refractivity contribution is 5.81. The lowest BCUT2D eigenvalue weighted by atomic mass is 9.95. The molecule has 1 N–H and O–H groups in total. The number of rotatable bonds is 7. The molecule has 0 aromatic carbocycles. The molecule has 1 rings (SSSR count). The molecule has 1 unspecified atom stereocenters. The first-order chi connectivity index (χ1) is 9.36. The summed E-state index contributed by atoms with van der Waals surface area (Å²) in [4.78, 5) is 24.4. The quantitative estimate of drug-likeness (QED) is 0.828. The summed E-state index contributed by atoms with van der Waals surface area (Å²) in [5.74, 6) is -0.469. The van der Waals surface area contributed by atoms with Crippen molar-refractivity contribution in [2.75, 3.05) is 13.1 Å². The van der Waals surface area contributed by atoms with E-state index in [-0.39, 0.29) is 24.8 Å². The van der Waals surface area contributed by atoms with E-state index in [1.165, 1.54) is 4.90 Å². The zero-order chi connectivity index (χ0) is 15.3. The SMILES string of the molecule is CCCN(CC(=O)O)C(=O)CC(C)c1c(C)noc1C. The van der Waals surface area contributed by atoms with Crippen molar-refractivity contribution in [3.63, 3.8) is 0 Å². The molecule has 112 valence electrons. The molecule has 1 amide bonds. The van der Waals surface area contributed by atoms with E-state index in [4.69, 9.17) is 9.63 Å². The number of carbonyl (C=O) groups is 2. The minimum atomic E-state index is -0.989. The molecular weight excluding hydrogens is 260 g/mol. The fourth-order valence-electron chi connectivity index (χ4n) is 2.41. The molecule has 0 aliphatic carbocycles. The van der Waals surface area contributed by atoms with Gasteiger partial charge in [-0.2, -0.15) is 0 Å². The van der Waals surface area contributed by atoms with Gasteiger partial charge in [-0.15, -0.1) is 0 Å². The minimum absolute atomic E-state index is 0.0399. The van der Waals surface area contributed by atoms with Crippen LogP contribution in [0, 0.1) is 13.8 Å². The molecule has 0 bridgehead atoms. The van der Waals surface area contributed by atoms with Crippen molar-refractivity contribution in [1.29, 1.82) is 0 Å².